The van der Waals surface area contributed by atoms with Crippen molar-refractivity contribution in [1.82, 2.24) is 9.55 Å². The number of H-pyrrole nitrogens is 1. The van der Waals surface area contributed by atoms with Gasteiger partial charge in [0, 0.05) is 18.9 Å². The van der Waals surface area contributed by atoms with Crippen molar-refractivity contribution in [2.24, 2.45) is 0 Å². The maximum Gasteiger partial charge on any atom is 0.338 e. The minimum atomic E-state index is -1.14. The van der Waals surface area contributed by atoms with Gasteiger partial charge in [-0.1, -0.05) is 36.4 Å². The first-order chi connectivity index (χ1) is 16.9. The lowest BCUT2D eigenvalue weighted by Gasteiger charge is -2.24. The summed E-state index contributed by atoms with van der Waals surface area (Å²) in [6, 6.07) is 16.7. The summed E-state index contributed by atoms with van der Waals surface area (Å²) >= 11 is 0. The van der Waals surface area contributed by atoms with Gasteiger partial charge in [-0.2, -0.15) is 0 Å². The first-order valence-electron chi connectivity index (χ1n) is 10.9. The van der Waals surface area contributed by atoms with E-state index in [2.05, 4.69) is 4.98 Å². The number of benzene rings is 2. The number of carbonyl (C=O) groups is 2. The second kappa shape index (κ2) is 10.5. The molecule has 4 atom stereocenters. The Labute approximate surface area is 200 Å². The van der Waals surface area contributed by atoms with E-state index in [4.69, 9.17) is 18.9 Å². The molecule has 2 unspecified atom stereocenters. The predicted molar refractivity (Wildman–Crippen MR) is 123 cm³/mol. The lowest BCUT2D eigenvalue weighted by atomic mass is 10.1. The number of hydrogen-bond donors (Lipinski definition) is 1. The van der Waals surface area contributed by atoms with E-state index in [1.165, 1.54) is 20.2 Å². The highest BCUT2D eigenvalue weighted by atomic mass is 16.6. The number of aryl methyl sites for hydroxylation is 1. The van der Waals surface area contributed by atoms with E-state index < -0.39 is 47.7 Å². The smallest absolute Gasteiger partial charge is 0.338 e. The Morgan fingerprint density at radius 2 is 1.54 bits per heavy atom. The molecular weight excluding hydrogens is 456 g/mol. The molecule has 1 aliphatic rings. The second-order valence-corrected chi connectivity index (χ2v) is 7.94. The number of rotatable bonds is 7. The van der Waals surface area contributed by atoms with Crippen molar-refractivity contribution in [2.45, 2.75) is 31.5 Å². The van der Waals surface area contributed by atoms with Crippen LogP contribution < -0.4 is 11.2 Å². The Kier molecular flexibility index (Phi) is 7.23. The summed E-state index contributed by atoms with van der Waals surface area (Å²) in [6.07, 6.45) is -2.66. The van der Waals surface area contributed by atoms with Crippen LogP contribution >= 0.6 is 0 Å². The maximum absolute atomic E-state index is 12.8. The van der Waals surface area contributed by atoms with Gasteiger partial charge < -0.3 is 18.9 Å². The predicted octanol–water partition coefficient (Wildman–Crippen LogP) is 1.84. The van der Waals surface area contributed by atoms with E-state index in [1.807, 2.05) is 0 Å². The zero-order valence-electron chi connectivity index (χ0n) is 19.1. The van der Waals surface area contributed by atoms with Crippen molar-refractivity contribution in [3.63, 3.8) is 0 Å². The highest BCUT2D eigenvalue weighted by Crippen LogP contribution is 2.33. The van der Waals surface area contributed by atoms with Crippen LogP contribution in [0.1, 0.15) is 32.5 Å². The van der Waals surface area contributed by atoms with Crippen LogP contribution in [0.25, 0.3) is 0 Å². The molecule has 0 aliphatic carbocycles. The van der Waals surface area contributed by atoms with Crippen LogP contribution in [0.5, 0.6) is 0 Å². The fourth-order valence-electron chi connectivity index (χ4n) is 3.83. The quantitative estimate of drug-likeness (QED) is 0.508. The standard InChI is InChI=1S/C25H24N2O8/c1-15-13-27(25(31)26-21(15)28)22-20(35-24(30)17-11-7-4-8-12-17)19(32-2)18(34-22)14-33-23(29)16-9-5-3-6-10-16/h3-13,18-20,22H,14H2,1-2H3,(H,26,28,31)/t18-,19+,20?,22?/m1/s1. The second-order valence-electron chi connectivity index (χ2n) is 7.94. The van der Waals surface area contributed by atoms with Crippen molar-refractivity contribution in [3.05, 3.63) is 104 Å². The molecule has 35 heavy (non-hydrogen) atoms. The number of nitrogens with one attached hydrogen (secondary N) is 1. The summed E-state index contributed by atoms with van der Waals surface area (Å²) in [5.74, 6) is -1.22. The molecule has 1 fully saturated rings. The Morgan fingerprint density at radius 3 is 2.14 bits per heavy atom. The molecule has 0 amide bonds. The largest absolute Gasteiger partial charge is 0.459 e. The third kappa shape index (κ3) is 5.23. The summed E-state index contributed by atoms with van der Waals surface area (Å²) in [7, 11) is 1.40. The van der Waals surface area contributed by atoms with Gasteiger partial charge in [0.05, 0.1) is 11.1 Å². The zero-order chi connectivity index (χ0) is 24.9. The van der Waals surface area contributed by atoms with Crippen molar-refractivity contribution in [3.8, 4) is 0 Å². The molecule has 1 saturated heterocycles. The number of hydrogen-bond acceptors (Lipinski definition) is 8. The molecule has 2 aromatic carbocycles. The number of aromatic amines is 1. The van der Waals surface area contributed by atoms with Gasteiger partial charge in [0.15, 0.2) is 12.3 Å². The Morgan fingerprint density at radius 1 is 0.943 bits per heavy atom. The molecule has 10 nitrogen and oxygen atoms in total. The van der Waals surface area contributed by atoms with Crippen LogP contribution in [-0.2, 0) is 18.9 Å². The molecular formula is C25H24N2O8. The van der Waals surface area contributed by atoms with Crippen molar-refractivity contribution in [1.29, 1.82) is 0 Å². The average Bonchev–Trinajstić information content (AvgIpc) is 3.22. The number of ether oxygens (including phenoxy) is 4. The highest BCUT2D eigenvalue weighted by molar-refractivity contribution is 5.89. The normalized spacial score (nSPS) is 21.4. The molecule has 1 N–H and O–H groups in total. The molecule has 182 valence electrons. The van der Waals surface area contributed by atoms with Gasteiger partial charge in [-0.05, 0) is 31.2 Å². The van der Waals surface area contributed by atoms with Crippen LogP contribution in [0, 0.1) is 6.92 Å². The van der Waals surface area contributed by atoms with Crippen LogP contribution in [0.2, 0.25) is 0 Å². The van der Waals surface area contributed by atoms with Crippen molar-refractivity contribution < 1.29 is 28.5 Å². The molecule has 3 aromatic rings. The summed E-state index contributed by atoms with van der Waals surface area (Å²) in [5, 5.41) is 0. The van der Waals surface area contributed by atoms with E-state index >= 15 is 0 Å². The van der Waals surface area contributed by atoms with Gasteiger partial charge in [0.2, 0.25) is 0 Å². The molecule has 2 heterocycles. The van der Waals surface area contributed by atoms with Gasteiger partial charge in [-0.25, -0.2) is 14.4 Å². The first kappa shape index (κ1) is 24.1. The number of aromatic nitrogens is 2. The Hall–Kier alpha value is -4.02. The maximum atomic E-state index is 12.8. The Balaban J connectivity index is 1.62. The van der Waals surface area contributed by atoms with E-state index in [1.54, 1.807) is 60.7 Å². The molecule has 1 aromatic heterocycles. The van der Waals surface area contributed by atoms with Gasteiger partial charge in [0.25, 0.3) is 5.56 Å². The van der Waals surface area contributed by atoms with Crippen LogP contribution in [-0.4, -0.2) is 53.5 Å². The number of nitrogens with zero attached hydrogens (tertiary/aromatic N) is 1. The lowest BCUT2D eigenvalue weighted by molar-refractivity contribution is -0.0643. The summed E-state index contributed by atoms with van der Waals surface area (Å²) in [4.78, 5) is 51.9. The molecule has 10 heteroatoms. The van der Waals surface area contributed by atoms with E-state index in [9.17, 15) is 19.2 Å². The van der Waals surface area contributed by atoms with E-state index in [0.717, 1.165) is 4.57 Å². The van der Waals surface area contributed by atoms with Crippen molar-refractivity contribution >= 4 is 11.9 Å². The topological polar surface area (TPSA) is 126 Å². The summed E-state index contributed by atoms with van der Waals surface area (Å²) in [5.41, 5.74) is -0.378. The van der Waals surface area contributed by atoms with Gasteiger partial charge >= 0.3 is 17.6 Å². The zero-order valence-corrected chi connectivity index (χ0v) is 19.1. The number of esters is 2. The van der Waals surface area contributed by atoms with Gasteiger partial charge in [-0.3, -0.25) is 14.3 Å². The fraction of sp³-hybridized carbons (Fsp3) is 0.280. The van der Waals surface area contributed by atoms with Crippen LogP contribution in [0.3, 0.4) is 0 Å². The molecule has 0 spiro atoms. The number of carbonyl (C=O) groups excluding carboxylic acids is 2. The monoisotopic (exact) mass is 480 g/mol. The third-order valence-electron chi connectivity index (χ3n) is 5.62. The number of methoxy groups -OCH3 is 1. The molecule has 1 aliphatic heterocycles. The molecule has 0 saturated carbocycles. The third-order valence-corrected chi connectivity index (χ3v) is 5.62. The summed E-state index contributed by atoms with van der Waals surface area (Å²) < 4.78 is 23.9. The van der Waals surface area contributed by atoms with E-state index in [0.29, 0.717) is 11.1 Å². The minimum Gasteiger partial charge on any atom is -0.459 e. The fourth-order valence-corrected chi connectivity index (χ4v) is 3.83. The van der Waals surface area contributed by atoms with Crippen LogP contribution in [0.15, 0.2) is 76.4 Å². The van der Waals surface area contributed by atoms with Crippen molar-refractivity contribution in [2.75, 3.05) is 13.7 Å². The minimum absolute atomic E-state index is 0.223. The molecule has 0 radical (unpaired) electrons. The van der Waals surface area contributed by atoms with Gasteiger partial charge in [-0.15, -0.1) is 0 Å². The lowest BCUT2D eigenvalue weighted by Crippen LogP contribution is -2.42. The highest BCUT2D eigenvalue weighted by Gasteiger charge is 2.49. The SMILES string of the molecule is CO[C@@H]1C(OC(=O)c2ccccc2)C(n2cc(C)c(=O)[nH]c2=O)O[C@@H]1COC(=O)c1ccccc1. The van der Waals surface area contributed by atoms with E-state index in [-0.39, 0.29) is 12.2 Å². The molecule has 4 rings (SSSR count). The van der Waals surface area contributed by atoms with Crippen LogP contribution in [0.4, 0.5) is 0 Å². The Bertz CT molecular complexity index is 1300. The molecule has 0 bridgehead atoms. The summed E-state index contributed by atoms with van der Waals surface area (Å²) in [6.45, 7) is 1.31. The first-order valence-corrected chi connectivity index (χ1v) is 10.9. The van der Waals surface area contributed by atoms with Gasteiger partial charge in [0.1, 0.15) is 18.8 Å². The average molecular weight is 480 g/mol.